The standard InChI is InChI=1S/C19H26N2O/c1-14(2)18-9-4-15(3)12-19(18)21(13-22)17-7-5-16(6-8-17)10-11-20/h5-8,13-15,18-19H,4,9-10,12H2,1-3H3. The van der Waals surface area contributed by atoms with Crippen LogP contribution in [0.3, 0.4) is 0 Å². The first-order valence-electron chi connectivity index (χ1n) is 8.26. The first-order valence-corrected chi connectivity index (χ1v) is 8.26. The third-order valence-corrected chi connectivity index (χ3v) is 4.98. The molecule has 0 radical (unpaired) electrons. The highest BCUT2D eigenvalue weighted by Crippen LogP contribution is 2.37. The Morgan fingerprint density at radius 2 is 2.00 bits per heavy atom. The van der Waals surface area contributed by atoms with Gasteiger partial charge in [-0.25, -0.2) is 0 Å². The molecule has 1 saturated carbocycles. The molecule has 1 aromatic rings. The molecule has 1 amide bonds. The summed E-state index contributed by atoms with van der Waals surface area (Å²) in [6, 6.07) is 10.3. The maximum absolute atomic E-state index is 11.8. The van der Waals surface area contributed by atoms with E-state index < -0.39 is 0 Å². The summed E-state index contributed by atoms with van der Waals surface area (Å²) in [5, 5.41) is 8.76. The summed E-state index contributed by atoms with van der Waals surface area (Å²) in [4.78, 5) is 13.7. The summed E-state index contributed by atoms with van der Waals surface area (Å²) in [6.45, 7) is 6.79. The Balaban J connectivity index is 2.24. The minimum Gasteiger partial charge on any atom is -0.312 e. The van der Waals surface area contributed by atoms with Crippen molar-refractivity contribution in [2.24, 2.45) is 17.8 Å². The molecule has 1 aliphatic carbocycles. The highest BCUT2D eigenvalue weighted by atomic mass is 16.1. The molecule has 3 atom stereocenters. The Hall–Kier alpha value is -1.82. The Morgan fingerprint density at radius 3 is 2.55 bits per heavy atom. The average molecular weight is 298 g/mol. The highest BCUT2D eigenvalue weighted by Gasteiger charge is 2.34. The fourth-order valence-electron chi connectivity index (χ4n) is 3.68. The predicted octanol–water partition coefficient (Wildman–Crippen LogP) is 4.18. The SMILES string of the molecule is CC1CCC(C(C)C)C(N(C=O)c2ccc(CC#N)cc2)C1. The third kappa shape index (κ3) is 3.68. The molecule has 0 heterocycles. The lowest BCUT2D eigenvalue weighted by Crippen LogP contribution is -2.45. The second-order valence-electron chi connectivity index (χ2n) is 6.91. The normalized spacial score (nSPS) is 24.8. The Kier molecular flexibility index (Phi) is 5.60. The van der Waals surface area contributed by atoms with Gasteiger partial charge < -0.3 is 4.90 Å². The van der Waals surface area contributed by atoms with E-state index in [-0.39, 0.29) is 6.04 Å². The summed E-state index contributed by atoms with van der Waals surface area (Å²) in [5.41, 5.74) is 1.94. The maximum Gasteiger partial charge on any atom is 0.214 e. The quantitative estimate of drug-likeness (QED) is 0.766. The van der Waals surface area contributed by atoms with Crippen molar-refractivity contribution in [2.45, 2.75) is 52.5 Å². The lowest BCUT2D eigenvalue weighted by Gasteiger charge is -2.42. The number of nitriles is 1. The van der Waals surface area contributed by atoms with Crippen LogP contribution in [-0.4, -0.2) is 12.5 Å². The summed E-state index contributed by atoms with van der Waals surface area (Å²) < 4.78 is 0. The van der Waals surface area contributed by atoms with Gasteiger partial charge in [-0.2, -0.15) is 5.26 Å². The average Bonchev–Trinajstić information content (AvgIpc) is 2.50. The summed E-state index contributed by atoms with van der Waals surface area (Å²) >= 11 is 0. The molecule has 0 aromatic heterocycles. The number of rotatable bonds is 5. The van der Waals surface area contributed by atoms with Crippen LogP contribution in [0.2, 0.25) is 0 Å². The molecule has 0 bridgehead atoms. The van der Waals surface area contributed by atoms with Gasteiger partial charge in [0.05, 0.1) is 12.5 Å². The molecule has 0 aliphatic heterocycles. The van der Waals surface area contributed by atoms with E-state index in [1.54, 1.807) is 0 Å². The van der Waals surface area contributed by atoms with Crippen LogP contribution < -0.4 is 4.90 Å². The largest absolute Gasteiger partial charge is 0.312 e. The van der Waals surface area contributed by atoms with Crippen molar-refractivity contribution < 1.29 is 4.79 Å². The summed E-state index contributed by atoms with van der Waals surface area (Å²) in [6.07, 6.45) is 4.92. The molecule has 3 heteroatoms. The molecule has 3 unspecified atom stereocenters. The van der Waals surface area contributed by atoms with Crippen LogP contribution in [0.15, 0.2) is 24.3 Å². The second kappa shape index (κ2) is 7.45. The minimum atomic E-state index is 0.281. The monoisotopic (exact) mass is 298 g/mol. The van der Waals surface area contributed by atoms with Gasteiger partial charge in [0.2, 0.25) is 6.41 Å². The summed E-state index contributed by atoms with van der Waals surface area (Å²) in [7, 11) is 0. The van der Waals surface area contributed by atoms with Crippen molar-refractivity contribution in [2.75, 3.05) is 4.90 Å². The number of amides is 1. The van der Waals surface area contributed by atoms with Crippen LogP contribution in [0.1, 0.15) is 45.6 Å². The van der Waals surface area contributed by atoms with Crippen LogP contribution in [0.4, 0.5) is 5.69 Å². The lowest BCUT2D eigenvalue weighted by atomic mass is 9.73. The Bertz CT molecular complexity index is 529. The number of hydrogen-bond donors (Lipinski definition) is 0. The van der Waals surface area contributed by atoms with Crippen molar-refractivity contribution in [3.8, 4) is 6.07 Å². The van der Waals surface area contributed by atoms with E-state index in [0.29, 0.717) is 24.2 Å². The number of carbonyl (C=O) groups excluding carboxylic acids is 1. The van der Waals surface area contributed by atoms with Gasteiger partial charge in [0.1, 0.15) is 0 Å². The number of anilines is 1. The van der Waals surface area contributed by atoms with E-state index in [4.69, 9.17) is 5.26 Å². The van der Waals surface area contributed by atoms with Crippen molar-refractivity contribution in [1.82, 2.24) is 0 Å². The molecule has 22 heavy (non-hydrogen) atoms. The lowest BCUT2D eigenvalue weighted by molar-refractivity contribution is -0.108. The van der Waals surface area contributed by atoms with Crippen molar-refractivity contribution in [3.63, 3.8) is 0 Å². The van der Waals surface area contributed by atoms with E-state index in [2.05, 4.69) is 26.8 Å². The number of benzene rings is 1. The molecular weight excluding hydrogens is 272 g/mol. The first kappa shape index (κ1) is 16.5. The minimum absolute atomic E-state index is 0.281. The molecule has 118 valence electrons. The maximum atomic E-state index is 11.8. The molecule has 1 aliphatic rings. The van der Waals surface area contributed by atoms with Gasteiger partial charge in [-0.15, -0.1) is 0 Å². The highest BCUT2D eigenvalue weighted by molar-refractivity contribution is 5.76. The first-order chi connectivity index (χ1) is 10.6. The van der Waals surface area contributed by atoms with Gasteiger partial charge in [-0.1, -0.05) is 39.3 Å². The smallest absolute Gasteiger partial charge is 0.214 e. The van der Waals surface area contributed by atoms with Gasteiger partial charge in [0.25, 0.3) is 0 Å². The van der Waals surface area contributed by atoms with Gasteiger partial charge in [-0.05, 0) is 48.3 Å². The number of carbonyl (C=O) groups is 1. The second-order valence-corrected chi connectivity index (χ2v) is 6.91. The summed E-state index contributed by atoms with van der Waals surface area (Å²) in [5.74, 6) is 1.80. The Morgan fingerprint density at radius 1 is 1.32 bits per heavy atom. The number of hydrogen-bond acceptors (Lipinski definition) is 2. The van der Waals surface area contributed by atoms with Crippen LogP contribution in [0.5, 0.6) is 0 Å². The van der Waals surface area contributed by atoms with E-state index in [9.17, 15) is 4.79 Å². The molecule has 0 N–H and O–H groups in total. The van der Waals surface area contributed by atoms with Crippen molar-refractivity contribution >= 4 is 12.1 Å². The van der Waals surface area contributed by atoms with E-state index in [1.807, 2.05) is 29.2 Å². The van der Waals surface area contributed by atoms with Gasteiger partial charge in [-0.3, -0.25) is 4.79 Å². The molecule has 0 saturated heterocycles. The van der Waals surface area contributed by atoms with E-state index >= 15 is 0 Å². The van der Waals surface area contributed by atoms with E-state index in [1.165, 1.54) is 12.8 Å². The zero-order chi connectivity index (χ0) is 16.1. The zero-order valence-electron chi connectivity index (χ0n) is 13.8. The zero-order valence-corrected chi connectivity index (χ0v) is 13.8. The van der Waals surface area contributed by atoms with Gasteiger partial charge in [0, 0.05) is 11.7 Å². The number of nitrogens with zero attached hydrogens (tertiary/aromatic N) is 2. The predicted molar refractivity (Wildman–Crippen MR) is 89.4 cm³/mol. The van der Waals surface area contributed by atoms with Crippen LogP contribution in [0.25, 0.3) is 0 Å². The van der Waals surface area contributed by atoms with E-state index in [0.717, 1.165) is 24.1 Å². The topological polar surface area (TPSA) is 44.1 Å². The fraction of sp³-hybridized carbons (Fsp3) is 0.579. The molecule has 0 spiro atoms. The van der Waals surface area contributed by atoms with Crippen LogP contribution in [0, 0.1) is 29.1 Å². The molecular formula is C19H26N2O. The van der Waals surface area contributed by atoms with Gasteiger partial charge in [0.15, 0.2) is 0 Å². The third-order valence-electron chi connectivity index (χ3n) is 4.98. The molecule has 2 rings (SSSR count). The molecule has 1 fully saturated rings. The molecule has 1 aromatic carbocycles. The van der Waals surface area contributed by atoms with Crippen LogP contribution in [-0.2, 0) is 11.2 Å². The van der Waals surface area contributed by atoms with Gasteiger partial charge >= 0.3 is 0 Å². The van der Waals surface area contributed by atoms with Crippen molar-refractivity contribution in [1.29, 1.82) is 5.26 Å². The van der Waals surface area contributed by atoms with Crippen molar-refractivity contribution in [3.05, 3.63) is 29.8 Å². The van der Waals surface area contributed by atoms with Crippen LogP contribution >= 0.6 is 0 Å². The Labute approximate surface area is 133 Å². The molecule has 3 nitrogen and oxygen atoms in total. The fourth-order valence-corrected chi connectivity index (χ4v) is 3.68.